The van der Waals surface area contributed by atoms with Crippen molar-refractivity contribution in [1.82, 2.24) is 0 Å². The van der Waals surface area contributed by atoms with Gasteiger partial charge in [0, 0.05) is 29.6 Å². The average Bonchev–Trinajstić information content (AvgIpc) is 2.90. The molecule has 1 heterocycles. The normalized spacial score (nSPS) is 16.0. The number of phenols is 1. The number of phenolic OH excluding ortho intramolecular Hbond substituents is 1. The van der Waals surface area contributed by atoms with Crippen LogP contribution in [0.3, 0.4) is 0 Å². The molecule has 1 aliphatic rings. The molecule has 5 heteroatoms. The van der Waals surface area contributed by atoms with Gasteiger partial charge in [-0.3, -0.25) is 9.79 Å². The largest absolute Gasteiger partial charge is 0.508 e. The Morgan fingerprint density at radius 2 is 1.59 bits per heavy atom. The molecule has 3 aromatic carbocycles. The lowest BCUT2D eigenvalue weighted by Crippen LogP contribution is -2.36. The minimum atomic E-state index is -0.586. The Hall–Kier alpha value is -3.11. The first-order chi connectivity index (χ1) is 16.2. The van der Waals surface area contributed by atoms with Gasteiger partial charge in [0.2, 0.25) is 0 Å². The van der Waals surface area contributed by atoms with E-state index in [1.807, 2.05) is 24.3 Å². The zero-order valence-corrected chi connectivity index (χ0v) is 21.1. The third-order valence-electron chi connectivity index (χ3n) is 6.51. The van der Waals surface area contributed by atoms with Crippen molar-refractivity contribution in [3.63, 3.8) is 0 Å². The highest BCUT2D eigenvalue weighted by atomic mass is 35.5. The summed E-state index contributed by atoms with van der Waals surface area (Å²) in [5.41, 5.74) is 6.82. The van der Waals surface area contributed by atoms with Crippen molar-refractivity contribution in [1.29, 1.82) is 0 Å². The third kappa shape index (κ3) is 4.60. The quantitative estimate of drug-likeness (QED) is 0.446. The lowest BCUT2D eigenvalue weighted by Gasteiger charge is -2.24. The van der Waals surface area contributed by atoms with Crippen molar-refractivity contribution in [2.45, 2.75) is 52.0 Å². The third-order valence-corrected chi connectivity index (χ3v) is 6.74. The molecule has 0 fully saturated rings. The van der Waals surface area contributed by atoms with E-state index in [1.54, 1.807) is 30.1 Å². The smallest absolute Gasteiger partial charge is 0.251 e. The fourth-order valence-corrected chi connectivity index (χ4v) is 4.90. The Morgan fingerprint density at radius 1 is 0.971 bits per heavy atom. The molecule has 4 rings (SSSR count). The van der Waals surface area contributed by atoms with Crippen molar-refractivity contribution in [2.24, 2.45) is 4.99 Å². The number of carbonyl (C=O) groups excluding carboxylic acids is 1. The summed E-state index contributed by atoms with van der Waals surface area (Å²) >= 11 is 6.37. The average molecular weight is 475 g/mol. The van der Waals surface area contributed by atoms with Crippen LogP contribution in [-0.2, 0) is 11.2 Å². The molecular formula is C29H31ClN2O2. The van der Waals surface area contributed by atoms with Gasteiger partial charge >= 0.3 is 0 Å². The molecule has 1 unspecified atom stereocenters. The number of hydrogen-bond acceptors (Lipinski definition) is 3. The lowest BCUT2D eigenvalue weighted by molar-refractivity contribution is -0.119. The number of hydrogen-bond donors (Lipinski definition) is 1. The standard InChI is InChI=1S/C29H31ClN2O2/c1-17(2)22-7-6-8-23(18(3)4)24(22)16-26-29(34)32(5)27-14-11-20(30)15-25(27)28(31-26)19-9-12-21(33)13-10-19/h6-15,17-18,26,33H,16H2,1-5H3. The van der Waals surface area contributed by atoms with Crippen LogP contribution in [0, 0.1) is 0 Å². The molecule has 1 amide bonds. The molecule has 1 N–H and O–H groups in total. The molecule has 34 heavy (non-hydrogen) atoms. The number of benzene rings is 3. The van der Waals surface area contributed by atoms with Crippen molar-refractivity contribution in [3.8, 4) is 5.75 Å². The van der Waals surface area contributed by atoms with Crippen LogP contribution < -0.4 is 4.90 Å². The number of carbonyl (C=O) groups is 1. The monoisotopic (exact) mass is 474 g/mol. The maximum atomic E-state index is 13.7. The van der Waals surface area contributed by atoms with Crippen LogP contribution in [0.5, 0.6) is 5.75 Å². The fraction of sp³-hybridized carbons (Fsp3) is 0.310. The zero-order valence-electron chi connectivity index (χ0n) is 20.3. The highest BCUT2D eigenvalue weighted by Gasteiger charge is 2.31. The molecular weight excluding hydrogens is 444 g/mol. The second-order valence-electron chi connectivity index (χ2n) is 9.53. The van der Waals surface area contributed by atoms with Crippen LogP contribution >= 0.6 is 11.6 Å². The molecule has 0 saturated heterocycles. The maximum Gasteiger partial charge on any atom is 0.251 e. The Morgan fingerprint density at radius 3 is 2.18 bits per heavy atom. The number of fused-ring (bicyclic) bond motifs is 1. The molecule has 0 aromatic heterocycles. The van der Waals surface area contributed by atoms with E-state index in [-0.39, 0.29) is 11.7 Å². The SMILES string of the molecule is CC(C)c1cccc(C(C)C)c1CC1N=C(c2ccc(O)cc2)c2cc(Cl)ccc2N(C)C1=O. The van der Waals surface area contributed by atoms with Crippen molar-refractivity contribution < 1.29 is 9.90 Å². The van der Waals surface area contributed by atoms with Gasteiger partial charge in [0.15, 0.2) is 0 Å². The molecule has 0 bridgehead atoms. The predicted molar refractivity (Wildman–Crippen MR) is 141 cm³/mol. The van der Waals surface area contributed by atoms with E-state index >= 15 is 0 Å². The lowest BCUT2D eigenvalue weighted by atomic mass is 9.85. The predicted octanol–water partition coefficient (Wildman–Crippen LogP) is 6.72. The fourth-order valence-electron chi connectivity index (χ4n) is 4.73. The number of likely N-dealkylation sites (N-methyl/N-ethyl adjacent to an activating group) is 1. The molecule has 0 saturated carbocycles. The second-order valence-corrected chi connectivity index (χ2v) is 9.96. The first kappa shape index (κ1) is 24.0. The van der Waals surface area contributed by atoms with E-state index in [1.165, 1.54) is 16.7 Å². The van der Waals surface area contributed by atoms with E-state index in [4.69, 9.17) is 16.6 Å². The van der Waals surface area contributed by atoms with Gasteiger partial charge in [0.05, 0.1) is 11.4 Å². The summed E-state index contributed by atoms with van der Waals surface area (Å²) in [6.45, 7) is 8.75. The molecule has 4 nitrogen and oxygen atoms in total. The van der Waals surface area contributed by atoms with Gasteiger partial charge in [-0.15, -0.1) is 0 Å². The molecule has 3 aromatic rings. The van der Waals surface area contributed by atoms with Gasteiger partial charge in [-0.25, -0.2) is 0 Å². The van der Waals surface area contributed by atoms with E-state index < -0.39 is 6.04 Å². The molecule has 0 spiro atoms. The molecule has 1 aliphatic heterocycles. The van der Waals surface area contributed by atoms with E-state index in [9.17, 15) is 9.90 Å². The topological polar surface area (TPSA) is 52.9 Å². The van der Waals surface area contributed by atoms with E-state index in [2.05, 4.69) is 45.9 Å². The number of aromatic hydroxyl groups is 1. The molecule has 0 radical (unpaired) electrons. The van der Waals surface area contributed by atoms with Gasteiger partial charge in [-0.1, -0.05) is 57.5 Å². The number of rotatable bonds is 5. The van der Waals surface area contributed by atoms with Gasteiger partial charge in [0.25, 0.3) is 5.91 Å². The maximum absolute atomic E-state index is 13.7. The number of nitrogens with zero attached hydrogens (tertiary/aromatic N) is 2. The highest BCUT2D eigenvalue weighted by molar-refractivity contribution is 6.32. The Balaban J connectivity index is 1.91. The Bertz CT molecular complexity index is 1220. The van der Waals surface area contributed by atoms with Crippen molar-refractivity contribution in [2.75, 3.05) is 11.9 Å². The molecule has 176 valence electrons. The van der Waals surface area contributed by atoms with Crippen LogP contribution in [0.4, 0.5) is 5.69 Å². The number of aliphatic imine (C=N–C) groups is 1. The summed E-state index contributed by atoms with van der Waals surface area (Å²) in [5, 5.41) is 10.4. The highest BCUT2D eigenvalue weighted by Crippen LogP contribution is 2.34. The molecule has 1 atom stereocenters. The van der Waals surface area contributed by atoms with Crippen LogP contribution in [-0.4, -0.2) is 29.8 Å². The number of halogens is 1. The van der Waals surface area contributed by atoms with E-state index in [0.29, 0.717) is 29.0 Å². The van der Waals surface area contributed by atoms with Crippen molar-refractivity contribution >= 4 is 28.9 Å². The second kappa shape index (κ2) is 9.63. The van der Waals surface area contributed by atoms with Gasteiger partial charge in [-0.05, 0) is 71.0 Å². The van der Waals surface area contributed by atoms with Gasteiger partial charge in [0.1, 0.15) is 11.8 Å². The number of amides is 1. The summed E-state index contributed by atoms with van der Waals surface area (Å²) in [5.74, 6) is 0.805. The molecule has 0 aliphatic carbocycles. The van der Waals surface area contributed by atoms with Crippen LogP contribution in [0.25, 0.3) is 0 Å². The minimum absolute atomic E-state index is 0.0504. The summed E-state index contributed by atoms with van der Waals surface area (Å²) in [6.07, 6.45) is 0.522. The van der Waals surface area contributed by atoms with Crippen LogP contribution in [0.15, 0.2) is 65.7 Å². The number of benzodiazepines with no additional fused rings is 1. The Labute approximate surface area is 206 Å². The van der Waals surface area contributed by atoms with Crippen molar-refractivity contribution in [3.05, 3.63) is 93.5 Å². The summed E-state index contributed by atoms with van der Waals surface area (Å²) in [7, 11) is 1.80. The summed E-state index contributed by atoms with van der Waals surface area (Å²) in [4.78, 5) is 20.5. The van der Waals surface area contributed by atoms with Crippen LogP contribution in [0.2, 0.25) is 5.02 Å². The van der Waals surface area contributed by atoms with Crippen LogP contribution in [0.1, 0.15) is 67.3 Å². The zero-order chi connectivity index (χ0) is 24.6. The number of anilines is 1. The minimum Gasteiger partial charge on any atom is -0.508 e. The van der Waals surface area contributed by atoms with Gasteiger partial charge < -0.3 is 10.0 Å². The van der Waals surface area contributed by atoms with E-state index in [0.717, 1.165) is 16.8 Å². The summed E-state index contributed by atoms with van der Waals surface area (Å²) < 4.78 is 0. The first-order valence-electron chi connectivity index (χ1n) is 11.7. The first-order valence-corrected chi connectivity index (χ1v) is 12.1. The summed E-state index contributed by atoms with van der Waals surface area (Å²) in [6, 6.07) is 18.3. The van der Waals surface area contributed by atoms with Gasteiger partial charge in [-0.2, -0.15) is 0 Å². The Kier molecular flexibility index (Phi) is 6.81.